The Bertz CT molecular complexity index is 896. The molecule has 1 amide bonds. The van der Waals surface area contributed by atoms with Crippen LogP contribution in [0.2, 0.25) is 0 Å². The lowest BCUT2D eigenvalue weighted by Crippen LogP contribution is -2.36. The fraction of sp³-hybridized carbons (Fsp3) is 0.192. The number of carbonyl (C=O) groups excluding carboxylic acids is 1. The van der Waals surface area contributed by atoms with Crippen molar-refractivity contribution >= 4 is 5.91 Å². The van der Waals surface area contributed by atoms with E-state index >= 15 is 0 Å². The number of aromatic hydroxyl groups is 1. The lowest BCUT2D eigenvalue weighted by Gasteiger charge is -2.29. The molecule has 3 aromatic rings. The first-order valence-corrected chi connectivity index (χ1v) is 9.86. The van der Waals surface area contributed by atoms with Crippen molar-refractivity contribution in [2.45, 2.75) is 25.9 Å². The van der Waals surface area contributed by atoms with Crippen LogP contribution in [0.15, 0.2) is 97.6 Å². The summed E-state index contributed by atoms with van der Waals surface area (Å²) in [5.74, 6) is -0.226. The predicted octanol–water partition coefficient (Wildman–Crippen LogP) is 5.53. The van der Waals surface area contributed by atoms with Crippen molar-refractivity contribution in [2.75, 3.05) is 0 Å². The van der Waals surface area contributed by atoms with Crippen molar-refractivity contribution in [3.63, 3.8) is 0 Å². The highest BCUT2D eigenvalue weighted by Gasteiger charge is 2.28. The van der Waals surface area contributed by atoms with Crippen molar-refractivity contribution in [1.82, 2.24) is 4.90 Å². The molecule has 29 heavy (non-hydrogen) atoms. The van der Waals surface area contributed by atoms with Crippen LogP contribution in [0.25, 0.3) is 0 Å². The van der Waals surface area contributed by atoms with Crippen LogP contribution in [0.4, 0.5) is 0 Å². The highest BCUT2D eigenvalue weighted by molar-refractivity contribution is 5.80. The molecular weight excluding hydrogens is 358 g/mol. The van der Waals surface area contributed by atoms with E-state index in [4.69, 9.17) is 0 Å². The average molecular weight is 386 g/mol. The Labute approximate surface area is 172 Å². The molecule has 0 fully saturated rings. The predicted molar refractivity (Wildman–Crippen MR) is 117 cm³/mol. The van der Waals surface area contributed by atoms with Crippen LogP contribution in [0, 0.1) is 5.92 Å². The molecular formula is C26H27NO2. The Kier molecular flexibility index (Phi) is 6.85. The Balaban J connectivity index is 1.86. The maximum absolute atomic E-state index is 13.5. The smallest absolute Gasteiger partial charge is 0.226 e. The third-order valence-corrected chi connectivity index (χ3v) is 5.18. The Morgan fingerprint density at radius 2 is 1.48 bits per heavy atom. The monoisotopic (exact) mass is 385 g/mol. The molecule has 3 rings (SSSR count). The second-order valence-electron chi connectivity index (χ2n) is 7.31. The largest absolute Gasteiger partial charge is 0.508 e. The maximum atomic E-state index is 13.5. The van der Waals surface area contributed by atoms with Crippen LogP contribution in [0.5, 0.6) is 5.75 Å². The summed E-state index contributed by atoms with van der Waals surface area (Å²) in [7, 11) is 0. The third-order valence-electron chi connectivity index (χ3n) is 5.18. The summed E-state index contributed by atoms with van der Waals surface area (Å²) in [6.45, 7) is 6.97. The Morgan fingerprint density at radius 1 is 0.931 bits per heavy atom. The first kappa shape index (κ1) is 20.4. The minimum atomic E-state index is -0.304. The second-order valence-corrected chi connectivity index (χ2v) is 7.31. The van der Waals surface area contributed by atoms with E-state index in [1.165, 1.54) is 0 Å². The first-order valence-electron chi connectivity index (χ1n) is 9.86. The van der Waals surface area contributed by atoms with E-state index in [0.717, 1.165) is 16.7 Å². The molecule has 1 N–H and O–H groups in total. The zero-order valence-corrected chi connectivity index (χ0v) is 16.7. The summed E-state index contributed by atoms with van der Waals surface area (Å²) < 4.78 is 0. The van der Waals surface area contributed by atoms with Gasteiger partial charge in [-0.3, -0.25) is 4.79 Å². The quantitative estimate of drug-likeness (QED) is 0.518. The van der Waals surface area contributed by atoms with E-state index in [9.17, 15) is 9.90 Å². The summed E-state index contributed by atoms with van der Waals surface area (Å²) in [5.41, 5.74) is 3.08. The molecule has 3 nitrogen and oxygen atoms in total. The van der Waals surface area contributed by atoms with Gasteiger partial charge in [-0.25, -0.2) is 0 Å². The summed E-state index contributed by atoms with van der Waals surface area (Å²) in [6.07, 6.45) is 1.79. The van der Waals surface area contributed by atoms with Gasteiger partial charge in [-0.15, -0.1) is 6.58 Å². The molecule has 148 valence electrons. The number of phenols is 1. The van der Waals surface area contributed by atoms with Gasteiger partial charge in [-0.05, 0) is 28.8 Å². The van der Waals surface area contributed by atoms with Gasteiger partial charge in [0.2, 0.25) is 5.91 Å². The van der Waals surface area contributed by atoms with E-state index < -0.39 is 0 Å². The summed E-state index contributed by atoms with van der Waals surface area (Å²) in [4.78, 5) is 15.4. The minimum Gasteiger partial charge on any atom is -0.508 e. The van der Waals surface area contributed by atoms with Gasteiger partial charge < -0.3 is 10.0 Å². The van der Waals surface area contributed by atoms with Gasteiger partial charge in [-0.1, -0.05) is 85.8 Å². The second kappa shape index (κ2) is 9.74. The van der Waals surface area contributed by atoms with Gasteiger partial charge in [0.25, 0.3) is 0 Å². The summed E-state index contributed by atoms with van der Waals surface area (Å²) in [6, 6.07) is 27.1. The number of nitrogens with zero attached hydrogens (tertiary/aromatic N) is 1. The number of rotatable bonds is 8. The molecule has 0 bridgehead atoms. The first-order chi connectivity index (χ1) is 14.1. The highest BCUT2D eigenvalue weighted by Crippen LogP contribution is 2.30. The lowest BCUT2D eigenvalue weighted by molar-refractivity contribution is -0.136. The molecule has 3 heteroatoms. The topological polar surface area (TPSA) is 40.5 Å². The van der Waals surface area contributed by atoms with Crippen molar-refractivity contribution in [3.8, 4) is 5.75 Å². The summed E-state index contributed by atoms with van der Waals surface area (Å²) >= 11 is 0. The van der Waals surface area contributed by atoms with Gasteiger partial charge in [0, 0.05) is 24.9 Å². The van der Waals surface area contributed by atoms with E-state index in [-0.39, 0.29) is 23.5 Å². The Morgan fingerprint density at radius 3 is 1.97 bits per heavy atom. The van der Waals surface area contributed by atoms with Gasteiger partial charge in [-0.2, -0.15) is 0 Å². The number of allylic oxidation sites excluding steroid dienone is 1. The normalized spacial score (nSPS) is 12.7. The minimum absolute atomic E-state index is 0.0611. The lowest BCUT2D eigenvalue weighted by atomic mass is 9.86. The zero-order chi connectivity index (χ0) is 20.6. The molecule has 0 aliphatic rings. The average Bonchev–Trinajstić information content (AvgIpc) is 2.75. The van der Waals surface area contributed by atoms with Crippen molar-refractivity contribution in [1.29, 1.82) is 0 Å². The fourth-order valence-corrected chi connectivity index (χ4v) is 3.62. The third kappa shape index (κ3) is 5.35. The molecule has 0 saturated heterocycles. The standard InChI is InChI=1S/C26H27NO2/c1-3-25(23-15-10-16-24(28)17-23)20(2)26(29)27(18-21-11-6-4-7-12-21)19-22-13-8-5-9-14-22/h3-17,20,25,28H,1,18-19H2,2H3. The molecule has 0 aliphatic carbocycles. The molecule has 0 saturated carbocycles. The Hall–Kier alpha value is -3.33. The number of hydrogen-bond acceptors (Lipinski definition) is 2. The number of benzene rings is 3. The molecule has 2 unspecified atom stereocenters. The maximum Gasteiger partial charge on any atom is 0.226 e. The summed E-state index contributed by atoms with van der Waals surface area (Å²) in [5, 5.41) is 9.85. The number of carbonyl (C=O) groups is 1. The number of amides is 1. The molecule has 2 atom stereocenters. The molecule has 0 heterocycles. The van der Waals surface area contributed by atoms with Crippen molar-refractivity contribution in [2.24, 2.45) is 5.92 Å². The van der Waals surface area contributed by atoms with Crippen LogP contribution in [-0.4, -0.2) is 15.9 Å². The van der Waals surface area contributed by atoms with E-state index in [0.29, 0.717) is 13.1 Å². The molecule has 0 aliphatic heterocycles. The van der Waals surface area contributed by atoms with E-state index in [1.807, 2.05) is 78.6 Å². The van der Waals surface area contributed by atoms with Gasteiger partial charge in [0.15, 0.2) is 0 Å². The number of phenolic OH excluding ortho intramolecular Hbond substituents is 1. The zero-order valence-electron chi connectivity index (χ0n) is 16.7. The SMILES string of the molecule is C=CC(c1cccc(O)c1)C(C)C(=O)N(Cc1ccccc1)Cc1ccccc1. The van der Waals surface area contributed by atoms with Gasteiger partial charge in [0.1, 0.15) is 5.75 Å². The van der Waals surface area contributed by atoms with Crippen LogP contribution in [-0.2, 0) is 17.9 Å². The molecule has 0 spiro atoms. The van der Waals surface area contributed by atoms with Crippen LogP contribution in [0.3, 0.4) is 0 Å². The highest BCUT2D eigenvalue weighted by atomic mass is 16.3. The van der Waals surface area contributed by atoms with Crippen LogP contribution >= 0.6 is 0 Å². The van der Waals surface area contributed by atoms with Gasteiger partial charge >= 0.3 is 0 Å². The molecule has 3 aromatic carbocycles. The fourth-order valence-electron chi connectivity index (χ4n) is 3.62. The van der Waals surface area contributed by atoms with E-state index in [2.05, 4.69) is 6.58 Å². The van der Waals surface area contributed by atoms with Gasteiger partial charge in [0.05, 0.1) is 0 Å². The van der Waals surface area contributed by atoms with Crippen molar-refractivity contribution in [3.05, 3.63) is 114 Å². The molecule has 0 radical (unpaired) electrons. The van der Waals surface area contributed by atoms with Crippen LogP contribution < -0.4 is 0 Å². The number of hydrogen-bond donors (Lipinski definition) is 1. The van der Waals surface area contributed by atoms with Crippen molar-refractivity contribution < 1.29 is 9.90 Å². The molecule has 0 aromatic heterocycles. The van der Waals surface area contributed by atoms with E-state index in [1.54, 1.807) is 24.3 Å². The van der Waals surface area contributed by atoms with Crippen LogP contribution in [0.1, 0.15) is 29.5 Å².